The molecule has 1 heterocycles. The first-order valence-electron chi connectivity index (χ1n) is 6.72. The van der Waals surface area contributed by atoms with E-state index >= 15 is 0 Å². The predicted molar refractivity (Wildman–Crippen MR) is 81.8 cm³/mol. The van der Waals surface area contributed by atoms with Crippen LogP contribution in [0.2, 0.25) is 0 Å². The smallest absolute Gasteiger partial charge is 0.228 e. The average Bonchev–Trinajstić information content (AvgIpc) is 2.80. The van der Waals surface area contributed by atoms with Gasteiger partial charge in [0.2, 0.25) is 5.91 Å². The summed E-state index contributed by atoms with van der Waals surface area (Å²) >= 11 is 0. The first-order chi connectivity index (χ1) is 9.72. The molecule has 1 aliphatic rings. The number of hydrogen-bond donors (Lipinski definition) is 3. The van der Waals surface area contributed by atoms with Gasteiger partial charge in [0.05, 0.1) is 17.8 Å². The van der Waals surface area contributed by atoms with Crippen LogP contribution in [0.25, 0.3) is 0 Å². The van der Waals surface area contributed by atoms with Crippen LogP contribution in [0, 0.1) is 0 Å². The zero-order chi connectivity index (χ0) is 13.9. The van der Waals surface area contributed by atoms with Gasteiger partial charge in [0.1, 0.15) is 0 Å². The number of benzene rings is 2. The number of hydrogen-bond acceptors (Lipinski definition) is 3. The number of fused-ring (bicyclic) bond motifs is 1. The quantitative estimate of drug-likeness (QED) is 0.745. The minimum atomic E-state index is 0.0762. The molecule has 0 fully saturated rings. The van der Waals surface area contributed by atoms with Crippen molar-refractivity contribution in [2.75, 3.05) is 22.9 Å². The van der Waals surface area contributed by atoms with Gasteiger partial charge >= 0.3 is 0 Å². The van der Waals surface area contributed by atoms with E-state index in [9.17, 15) is 4.79 Å². The van der Waals surface area contributed by atoms with Crippen LogP contribution in [0.5, 0.6) is 0 Å². The normalized spacial score (nSPS) is 12.9. The van der Waals surface area contributed by atoms with Crippen molar-refractivity contribution in [3.05, 3.63) is 53.6 Å². The van der Waals surface area contributed by atoms with E-state index in [-0.39, 0.29) is 5.91 Å². The Bertz CT molecular complexity index is 652. The largest absolute Gasteiger partial charge is 0.397 e. The van der Waals surface area contributed by atoms with E-state index in [0.29, 0.717) is 6.42 Å². The molecule has 4 nitrogen and oxygen atoms in total. The predicted octanol–water partition coefficient (Wildman–Crippen LogP) is 2.42. The SMILES string of the molecule is Nc1ccccc1NCCc1ccc2c(c1)CC(=O)N2. The van der Waals surface area contributed by atoms with E-state index in [1.807, 2.05) is 30.3 Å². The summed E-state index contributed by atoms with van der Waals surface area (Å²) in [5.74, 6) is 0.0762. The van der Waals surface area contributed by atoms with Crippen molar-refractivity contribution in [1.29, 1.82) is 0 Å². The van der Waals surface area contributed by atoms with Gasteiger partial charge in [-0.15, -0.1) is 0 Å². The fourth-order valence-corrected chi connectivity index (χ4v) is 2.44. The Labute approximate surface area is 118 Å². The van der Waals surface area contributed by atoms with E-state index in [2.05, 4.69) is 22.8 Å². The van der Waals surface area contributed by atoms with Gasteiger partial charge in [0.25, 0.3) is 0 Å². The first kappa shape index (κ1) is 12.5. The third kappa shape index (κ3) is 2.59. The molecule has 0 unspecified atom stereocenters. The van der Waals surface area contributed by atoms with Crippen molar-refractivity contribution >= 4 is 23.0 Å². The molecule has 0 saturated heterocycles. The van der Waals surface area contributed by atoms with Gasteiger partial charge in [0, 0.05) is 12.2 Å². The number of carbonyl (C=O) groups is 1. The Morgan fingerprint density at radius 3 is 2.90 bits per heavy atom. The highest BCUT2D eigenvalue weighted by molar-refractivity contribution is 5.99. The fraction of sp³-hybridized carbons (Fsp3) is 0.188. The van der Waals surface area contributed by atoms with Gasteiger partial charge < -0.3 is 16.4 Å². The standard InChI is InChI=1S/C16H17N3O/c17-13-3-1-2-4-15(13)18-8-7-11-5-6-14-12(9-11)10-16(20)19-14/h1-6,9,18H,7-8,10,17H2,(H,19,20). The van der Waals surface area contributed by atoms with E-state index in [1.165, 1.54) is 5.56 Å². The lowest BCUT2D eigenvalue weighted by Crippen LogP contribution is -2.06. The van der Waals surface area contributed by atoms with Crippen LogP contribution in [0.4, 0.5) is 17.1 Å². The third-order valence-corrected chi connectivity index (χ3v) is 3.48. The van der Waals surface area contributed by atoms with Crippen LogP contribution < -0.4 is 16.4 Å². The summed E-state index contributed by atoms with van der Waals surface area (Å²) in [6.45, 7) is 0.814. The maximum atomic E-state index is 11.3. The summed E-state index contributed by atoms with van der Waals surface area (Å²) in [6.07, 6.45) is 1.39. The first-order valence-corrected chi connectivity index (χ1v) is 6.72. The number of para-hydroxylation sites is 2. The number of amides is 1. The molecule has 4 heteroatoms. The number of nitrogen functional groups attached to an aromatic ring is 1. The van der Waals surface area contributed by atoms with Crippen LogP contribution in [0.15, 0.2) is 42.5 Å². The Morgan fingerprint density at radius 1 is 1.20 bits per heavy atom. The molecule has 1 aliphatic heterocycles. The van der Waals surface area contributed by atoms with Gasteiger partial charge in [0.15, 0.2) is 0 Å². The third-order valence-electron chi connectivity index (χ3n) is 3.48. The van der Waals surface area contributed by atoms with Gasteiger partial charge in [-0.2, -0.15) is 0 Å². The Balaban J connectivity index is 1.61. The molecule has 0 saturated carbocycles. The average molecular weight is 267 g/mol. The number of nitrogens with one attached hydrogen (secondary N) is 2. The minimum absolute atomic E-state index is 0.0762. The van der Waals surface area contributed by atoms with Crippen LogP contribution in [0.1, 0.15) is 11.1 Å². The van der Waals surface area contributed by atoms with Crippen molar-refractivity contribution in [2.24, 2.45) is 0 Å². The molecule has 0 bridgehead atoms. The second kappa shape index (κ2) is 5.25. The Hall–Kier alpha value is -2.49. The Kier molecular flexibility index (Phi) is 3.29. The molecule has 1 amide bonds. The number of carbonyl (C=O) groups excluding carboxylic acids is 1. The van der Waals surface area contributed by atoms with Gasteiger partial charge in [-0.3, -0.25) is 4.79 Å². The topological polar surface area (TPSA) is 67.1 Å². The molecule has 4 N–H and O–H groups in total. The molecule has 20 heavy (non-hydrogen) atoms. The van der Waals surface area contributed by atoms with E-state index < -0.39 is 0 Å². The van der Waals surface area contributed by atoms with Crippen molar-refractivity contribution in [2.45, 2.75) is 12.8 Å². The van der Waals surface area contributed by atoms with Gasteiger partial charge in [-0.1, -0.05) is 24.3 Å². The lowest BCUT2D eigenvalue weighted by Gasteiger charge is -2.09. The van der Waals surface area contributed by atoms with Crippen LogP contribution >= 0.6 is 0 Å². The highest BCUT2D eigenvalue weighted by atomic mass is 16.1. The number of rotatable bonds is 4. The molecule has 0 atom stereocenters. The number of nitrogens with two attached hydrogens (primary N) is 1. The van der Waals surface area contributed by atoms with Crippen LogP contribution in [0.3, 0.4) is 0 Å². The fourth-order valence-electron chi connectivity index (χ4n) is 2.44. The van der Waals surface area contributed by atoms with Crippen LogP contribution in [-0.4, -0.2) is 12.5 Å². The molecule has 0 spiro atoms. The van der Waals surface area contributed by atoms with Crippen molar-refractivity contribution < 1.29 is 4.79 Å². The van der Waals surface area contributed by atoms with E-state index in [1.54, 1.807) is 0 Å². The van der Waals surface area contributed by atoms with E-state index in [0.717, 1.165) is 35.6 Å². The summed E-state index contributed by atoms with van der Waals surface area (Å²) in [6, 6.07) is 13.9. The molecule has 102 valence electrons. The van der Waals surface area contributed by atoms with Crippen molar-refractivity contribution in [3.8, 4) is 0 Å². The second-order valence-corrected chi connectivity index (χ2v) is 4.98. The van der Waals surface area contributed by atoms with Crippen molar-refractivity contribution in [1.82, 2.24) is 0 Å². The molecule has 0 radical (unpaired) electrons. The summed E-state index contributed by atoms with van der Waals surface area (Å²) in [5.41, 5.74) is 10.9. The van der Waals surface area contributed by atoms with Crippen molar-refractivity contribution in [3.63, 3.8) is 0 Å². The van der Waals surface area contributed by atoms with Gasteiger partial charge in [-0.05, 0) is 35.7 Å². The molecule has 2 aromatic rings. The Morgan fingerprint density at radius 2 is 2.05 bits per heavy atom. The maximum absolute atomic E-state index is 11.3. The summed E-state index contributed by atoms with van der Waals surface area (Å²) in [5, 5.41) is 6.17. The van der Waals surface area contributed by atoms with Gasteiger partial charge in [-0.25, -0.2) is 0 Å². The molecule has 0 aromatic heterocycles. The monoisotopic (exact) mass is 267 g/mol. The maximum Gasteiger partial charge on any atom is 0.228 e. The summed E-state index contributed by atoms with van der Waals surface area (Å²) in [4.78, 5) is 11.3. The highest BCUT2D eigenvalue weighted by Crippen LogP contribution is 2.24. The molecule has 0 aliphatic carbocycles. The zero-order valence-electron chi connectivity index (χ0n) is 11.1. The molecular weight excluding hydrogens is 250 g/mol. The summed E-state index contributed by atoms with van der Waals surface area (Å²) < 4.78 is 0. The zero-order valence-corrected chi connectivity index (χ0v) is 11.1. The summed E-state index contributed by atoms with van der Waals surface area (Å²) in [7, 11) is 0. The second-order valence-electron chi connectivity index (χ2n) is 4.98. The van der Waals surface area contributed by atoms with Crippen LogP contribution in [-0.2, 0) is 17.6 Å². The lowest BCUT2D eigenvalue weighted by molar-refractivity contribution is -0.115. The number of anilines is 3. The highest BCUT2D eigenvalue weighted by Gasteiger charge is 2.17. The lowest BCUT2D eigenvalue weighted by atomic mass is 10.1. The van der Waals surface area contributed by atoms with E-state index in [4.69, 9.17) is 5.73 Å². The molecule has 2 aromatic carbocycles. The minimum Gasteiger partial charge on any atom is -0.397 e. The molecular formula is C16H17N3O. The molecule has 3 rings (SSSR count).